The predicted molar refractivity (Wildman–Crippen MR) is 313 cm³/mol. The van der Waals surface area contributed by atoms with Crippen molar-refractivity contribution in [3.05, 3.63) is 210 Å². The van der Waals surface area contributed by atoms with Crippen molar-refractivity contribution in [2.45, 2.75) is 78.6 Å². The number of hydrogen-bond donors (Lipinski definition) is 0. The average molecular weight is 961 g/mol. The smallest absolute Gasteiger partial charge is 0.333 e. The first kappa shape index (κ1) is 44.1. The van der Waals surface area contributed by atoms with Crippen molar-refractivity contribution in [3.8, 4) is 44.7 Å². The van der Waals surface area contributed by atoms with Crippen LogP contribution in [-0.2, 0) is 16.2 Å². The molecule has 0 bridgehead atoms. The van der Waals surface area contributed by atoms with Gasteiger partial charge in [0.2, 0.25) is 0 Å². The first-order valence-electron chi connectivity index (χ1n) is 25.9. The lowest BCUT2D eigenvalue weighted by molar-refractivity contribution is 0.589. The number of thiophene rings is 1. The second-order valence-electron chi connectivity index (χ2n) is 23.3. The molecule has 3 aliphatic rings. The molecule has 0 spiro atoms. The third-order valence-electron chi connectivity index (χ3n) is 16.4. The van der Waals surface area contributed by atoms with Crippen molar-refractivity contribution < 1.29 is 4.42 Å². The SMILES string of the molecule is Cc1cc(C(C)(C)C)ccc1N1c2cc3c(-c4ccccc4)c(-c4ccccc4)oc3cc2B2c3c(cc4c(c31)C(C)(C)c1ccccc1-4)-c1cc3c(cc1N2c1ccc(C(C)(C)C)cc1)sc1ccccc13. The van der Waals surface area contributed by atoms with Crippen molar-refractivity contribution in [2.24, 2.45) is 0 Å². The van der Waals surface area contributed by atoms with Gasteiger partial charge in [-0.15, -0.1) is 11.3 Å². The molecule has 1 aliphatic carbocycles. The zero-order valence-corrected chi connectivity index (χ0v) is 43.9. The molecule has 0 fully saturated rings. The molecule has 9 aromatic carbocycles. The summed E-state index contributed by atoms with van der Waals surface area (Å²) in [6.45, 7) is 20.9. The lowest BCUT2D eigenvalue weighted by Crippen LogP contribution is -2.62. The number of fused-ring (bicyclic) bond motifs is 12. The van der Waals surface area contributed by atoms with Crippen LogP contribution in [-0.4, -0.2) is 6.85 Å². The highest BCUT2D eigenvalue weighted by Gasteiger charge is 2.51. The van der Waals surface area contributed by atoms with Crippen LogP contribution in [0.25, 0.3) is 75.8 Å². The maximum atomic E-state index is 7.32. The zero-order valence-electron chi connectivity index (χ0n) is 43.1. The lowest BCUT2D eigenvalue weighted by Gasteiger charge is -2.47. The van der Waals surface area contributed by atoms with Crippen LogP contribution < -0.4 is 20.6 Å². The molecule has 73 heavy (non-hydrogen) atoms. The molecular formula is C68H57BN2OS. The molecule has 0 N–H and O–H groups in total. The minimum atomic E-state index is -0.321. The van der Waals surface area contributed by atoms with Crippen LogP contribution in [0.3, 0.4) is 0 Å². The van der Waals surface area contributed by atoms with Gasteiger partial charge < -0.3 is 14.1 Å². The maximum Gasteiger partial charge on any atom is 0.333 e. The molecule has 0 unspecified atom stereocenters. The predicted octanol–water partition coefficient (Wildman–Crippen LogP) is 18.1. The number of benzene rings is 9. The van der Waals surface area contributed by atoms with Crippen LogP contribution in [0.2, 0.25) is 0 Å². The molecule has 0 saturated heterocycles. The first-order valence-corrected chi connectivity index (χ1v) is 26.8. The topological polar surface area (TPSA) is 19.6 Å². The van der Waals surface area contributed by atoms with E-state index in [1.165, 1.54) is 110 Å². The van der Waals surface area contributed by atoms with E-state index in [1.807, 2.05) is 11.3 Å². The van der Waals surface area contributed by atoms with Gasteiger partial charge in [-0.05, 0) is 133 Å². The van der Waals surface area contributed by atoms with Gasteiger partial charge >= 0.3 is 6.85 Å². The number of furan rings is 1. The van der Waals surface area contributed by atoms with Crippen molar-refractivity contribution in [1.82, 2.24) is 0 Å². The Hall–Kier alpha value is -7.60. The van der Waals surface area contributed by atoms with Gasteiger partial charge in [0.25, 0.3) is 0 Å². The van der Waals surface area contributed by atoms with E-state index in [2.05, 4.69) is 254 Å². The van der Waals surface area contributed by atoms with Crippen LogP contribution in [0, 0.1) is 6.92 Å². The molecule has 3 nitrogen and oxygen atoms in total. The molecule has 2 aromatic heterocycles. The molecule has 4 heterocycles. The zero-order chi connectivity index (χ0) is 49.9. The standard InChI is InChI=1S/C68H57BN2OS/c1-40-34-44(67(5,6)7)30-33-55(40)70-57-37-52-58(72-65(42-22-14-11-15-23-42)61(52)41-20-12-10-13-21-41)38-54(57)69-63-51(36-50-46-24-16-18-26-53(46)68(8,9)62(50)64(63)70)48-35-49-47-25-17-19-27-59(47)73-60(49)39-56(48)71(69)45-31-28-43(29-32-45)66(2,3)4/h10-39H,1-9H3. The van der Waals surface area contributed by atoms with E-state index in [-0.39, 0.29) is 23.1 Å². The van der Waals surface area contributed by atoms with Gasteiger partial charge in [-0.1, -0.05) is 183 Å². The van der Waals surface area contributed by atoms with E-state index in [1.54, 1.807) is 0 Å². The Morgan fingerprint density at radius 2 is 1.19 bits per heavy atom. The fourth-order valence-corrected chi connectivity index (χ4v) is 13.9. The normalized spacial score (nSPS) is 14.4. The van der Waals surface area contributed by atoms with Gasteiger partial charge in [0.1, 0.15) is 11.3 Å². The minimum absolute atomic E-state index is 0.00135. The molecular weight excluding hydrogens is 904 g/mol. The third kappa shape index (κ3) is 6.44. The van der Waals surface area contributed by atoms with Crippen LogP contribution in [0.15, 0.2) is 186 Å². The van der Waals surface area contributed by atoms with Crippen molar-refractivity contribution >= 4 is 88.7 Å². The highest BCUT2D eigenvalue weighted by Crippen LogP contribution is 2.59. The summed E-state index contributed by atoms with van der Waals surface area (Å²) in [4.78, 5) is 5.38. The number of aryl methyl sites for hydroxylation is 1. The summed E-state index contributed by atoms with van der Waals surface area (Å²) < 4.78 is 9.92. The Morgan fingerprint density at radius 3 is 1.92 bits per heavy atom. The van der Waals surface area contributed by atoms with Crippen LogP contribution >= 0.6 is 11.3 Å². The second-order valence-corrected chi connectivity index (χ2v) is 24.4. The number of rotatable bonds is 4. The number of anilines is 5. The Bertz CT molecular complexity index is 4090. The van der Waals surface area contributed by atoms with Gasteiger partial charge in [0.05, 0.1) is 0 Å². The largest absolute Gasteiger partial charge is 0.455 e. The van der Waals surface area contributed by atoms with Crippen molar-refractivity contribution in [2.75, 3.05) is 9.71 Å². The summed E-state index contributed by atoms with van der Waals surface area (Å²) in [5, 5.41) is 3.71. The summed E-state index contributed by atoms with van der Waals surface area (Å²) >= 11 is 1.90. The summed E-state index contributed by atoms with van der Waals surface area (Å²) in [6.07, 6.45) is 0. The number of hydrogen-bond acceptors (Lipinski definition) is 4. The fourth-order valence-electron chi connectivity index (χ4n) is 12.8. The second kappa shape index (κ2) is 15.5. The molecule has 5 heteroatoms. The summed E-state index contributed by atoms with van der Waals surface area (Å²) in [5.41, 5.74) is 24.2. The van der Waals surface area contributed by atoms with Gasteiger partial charge in [-0.2, -0.15) is 0 Å². The minimum Gasteiger partial charge on any atom is -0.455 e. The lowest BCUT2D eigenvalue weighted by atomic mass is 9.42. The van der Waals surface area contributed by atoms with E-state index in [0.29, 0.717) is 0 Å². The number of nitrogens with zero attached hydrogens (tertiary/aromatic N) is 2. The molecule has 11 aromatic rings. The first-order chi connectivity index (χ1) is 35.1. The molecule has 14 rings (SSSR count). The van der Waals surface area contributed by atoms with E-state index in [4.69, 9.17) is 4.42 Å². The van der Waals surface area contributed by atoms with E-state index < -0.39 is 0 Å². The van der Waals surface area contributed by atoms with E-state index in [9.17, 15) is 0 Å². The summed E-state index contributed by atoms with van der Waals surface area (Å²) in [6, 6.07) is 68.9. The Kier molecular flexibility index (Phi) is 9.35. The monoisotopic (exact) mass is 960 g/mol. The fraction of sp³-hybridized carbons (Fsp3) is 0.176. The van der Waals surface area contributed by atoms with Crippen molar-refractivity contribution in [1.29, 1.82) is 0 Å². The van der Waals surface area contributed by atoms with Crippen molar-refractivity contribution in [3.63, 3.8) is 0 Å². The Labute approximate surface area is 433 Å². The summed E-state index contributed by atoms with van der Waals surface area (Å²) in [5.74, 6) is 0.882. The highest BCUT2D eigenvalue weighted by atomic mass is 32.1. The molecule has 0 radical (unpaired) electrons. The average Bonchev–Trinajstić information content (AvgIpc) is 4.03. The van der Waals surface area contributed by atoms with Gasteiger partial charge in [0.15, 0.2) is 0 Å². The van der Waals surface area contributed by atoms with Crippen LogP contribution in [0.4, 0.5) is 28.4 Å². The molecule has 0 amide bonds. The Morgan fingerprint density at radius 1 is 0.521 bits per heavy atom. The van der Waals surface area contributed by atoms with Crippen LogP contribution in [0.5, 0.6) is 0 Å². The third-order valence-corrected chi connectivity index (χ3v) is 17.6. The molecule has 0 atom stereocenters. The maximum absolute atomic E-state index is 7.32. The van der Waals surface area contributed by atoms with E-state index in [0.717, 1.165) is 33.4 Å². The molecule has 2 aliphatic heterocycles. The van der Waals surface area contributed by atoms with E-state index >= 15 is 0 Å². The Balaban J connectivity index is 1.18. The van der Waals surface area contributed by atoms with Gasteiger partial charge in [0, 0.05) is 76.1 Å². The molecule has 354 valence electrons. The highest BCUT2D eigenvalue weighted by molar-refractivity contribution is 7.25. The molecule has 0 saturated carbocycles. The van der Waals surface area contributed by atoms with Gasteiger partial charge in [-0.3, -0.25) is 0 Å². The van der Waals surface area contributed by atoms with Crippen LogP contribution in [0.1, 0.15) is 83.2 Å². The van der Waals surface area contributed by atoms with Gasteiger partial charge in [-0.25, -0.2) is 0 Å². The summed E-state index contributed by atoms with van der Waals surface area (Å²) in [7, 11) is 0. The quantitative estimate of drug-likeness (QED) is 0.164.